The van der Waals surface area contributed by atoms with E-state index in [0.29, 0.717) is 43.1 Å². The van der Waals surface area contributed by atoms with Crippen molar-refractivity contribution in [1.29, 1.82) is 0 Å². The van der Waals surface area contributed by atoms with E-state index in [0.717, 1.165) is 105 Å². The second-order valence-electron chi connectivity index (χ2n) is 36.2. The number of thioether (sulfide) groups is 2. The van der Waals surface area contributed by atoms with Gasteiger partial charge in [0.2, 0.25) is 0 Å². The van der Waals surface area contributed by atoms with E-state index in [1.165, 1.54) is 115 Å². The molecule has 10 aliphatic rings. The molecule has 0 aromatic heterocycles. The van der Waals surface area contributed by atoms with Gasteiger partial charge in [-0.25, -0.2) is 22.0 Å². The molecule has 0 radical (unpaired) electrons. The van der Waals surface area contributed by atoms with Crippen LogP contribution in [0.5, 0.6) is 0 Å². The average Bonchev–Trinajstić information content (AvgIpc) is 0.758. The summed E-state index contributed by atoms with van der Waals surface area (Å²) in [6.07, 6.45) is 14.9. The maximum absolute atomic E-state index is 14.5. The maximum Gasteiger partial charge on any atom is 0.131 e. The van der Waals surface area contributed by atoms with Crippen LogP contribution in [0.4, 0.5) is 50.4 Å². The van der Waals surface area contributed by atoms with Crippen LogP contribution in [-0.4, -0.2) is 45.5 Å². The summed E-state index contributed by atoms with van der Waals surface area (Å²) in [6, 6.07) is 69.3. The van der Waals surface area contributed by atoms with Crippen LogP contribution in [0.1, 0.15) is 259 Å². The standard InChI is InChI=1S/2C22H25F2NO.C21H24FNO.2C19H21NOS/c2*1-22(2,3)13-9-10-18-15(12-13)21-14(6-5-11-26-21)20(25-18)19-16(23)7-4-8-17(19)24;1-13(2)14-9-10-19-17(12-14)21-16(7-5-11-24-21)20(23-19)15-6-3-4-8-18(15)22;2*1-22-14-9-10-17-16(12-14)19-15(8-5-11-21-19)18(20-17)13-6-3-2-4-7-13/h2*4,7-10,12,14,20-21,25H,5-6,11H2,1-3H3;3-4,6,8-10,12-13,16,20-21,23H,5,7,11H2,1-2H3;2*2-4,6-7,9-10,12,15,18-20H,5,8,11H2,1H3/t14-,20+,21-;;16-,20-,21-;15-,18-,19-;/m1.00./s1. The maximum atomic E-state index is 14.5. The topological polar surface area (TPSA) is 106 Å². The van der Waals surface area contributed by atoms with Gasteiger partial charge in [-0.15, -0.1) is 23.5 Å². The second kappa shape index (κ2) is 37.2. The Kier molecular flexibility index (Phi) is 26.3. The minimum Gasteiger partial charge on any atom is -0.378 e. The number of anilines is 5. The molecule has 17 heteroatoms. The van der Waals surface area contributed by atoms with Crippen molar-refractivity contribution >= 4 is 52.0 Å². The van der Waals surface area contributed by atoms with Crippen molar-refractivity contribution in [3.63, 3.8) is 0 Å². The van der Waals surface area contributed by atoms with Crippen molar-refractivity contribution in [3.8, 4) is 0 Å². The monoisotopic (exact) mass is 1660 g/mol. The minimum atomic E-state index is -0.499. The molecule has 0 saturated carbocycles. The molecule has 0 bridgehead atoms. The highest BCUT2D eigenvalue weighted by atomic mass is 32.2. The lowest BCUT2D eigenvalue weighted by molar-refractivity contribution is -0.0389. The number of halogens is 5. The van der Waals surface area contributed by atoms with Crippen molar-refractivity contribution in [3.05, 3.63) is 314 Å². The number of benzene rings is 10. The molecule has 15 atom stereocenters. The Morgan fingerprint density at radius 3 is 0.967 bits per heavy atom. The molecule has 10 aromatic rings. The molecule has 630 valence electrons. The Labute approximate surface area is 715 Å². The molecule has 10 aromatic carbocycles. The van der Waals surface area contributed by atoms with Crippen LogP contribution in [0.15, 0.2) is 222 Å². The molecule has 0 amide bonds. The molecule has 20 rings (SSSR count). The van der Waals surface area contributed by atoms with E-state index in [1.54, 1.807) is 35.7 Å². The first-order valence-corrected chi connectivity index (χ1v) is 46.0. The smallest absolute Gasteiger partial charge is 0.131 e. The fraction of sp³-hybridized carbons (Fsp3) is 0.417. The molecule has 5 saturated heterocycles. The predicted molar refractivity (Wildman–Crippen MR) is 478 cm³/mol. The summed E-state index contributed by atoms with van der Waals surface area (Å²) in [5, 5.41) is 18.0. The van der Waals surface area contributed by atoms with Crippen molar-refractivity contribution in [2.75, 3.05) is 72.1 Å². The highest BCUT2D eigenvalue weighted by molar-refractivity contribution is 7.98. The Balaban J connectivity index is 0.000000112. The van der Waals surface area contributed by atoms with E-state index in [9.17, 15) is 22.0 Å². The lowest BCUT2D eigenvalue weighted by Gasteiger charge is -2.44. The zero-order chi connectivity index (χ0) is 83.5. The van der Waals surface area contributed by atoms with E-state index in [1.807, 2.05) is 24.3 Å². The molecule has 10 heterocycles. The summed E-state index contributed by atoms with van der Waals surface area (Å²) >= 11 is 3.59. The van der Waals surface area contributed by atoms with Crippen LogP contribution in [-0.2, 0) is 34.5 Å². The van der Waals surface area contributed by atoms with Crippen LogP contribution in [0, 0.1) is 58.7 Å². The van der Waals surface area contributed by atoms with Gasteiger partial charge in [-0.3, -0.25) is 0 Å². The van der Waals surface area contributed by atoms with Crippen molar-refractivity contribution in [2.24, 2.45) is 29.6 Å². The second-order valence-corrected chi connectivity index (χ2v) is 38.0. The summed E-state index contributed by atoms with van der Waals surface area (Å²) in [6.45, 7) is 21.4. The summed E-state index contributed by atoms with van der Waals surface area (Å²) in [7, 11) is 0. The summed E-state index contributed by atoms with van der Waals surface area (Å²) < 4.78 is 103. The lowest BCUT2D eigenvalue weighted by Crippen LogP contribution is -2.37. The van der Waals surface area contributed by atoms with Gasteiger partial charge in [0.1, 0.15) is 29.1 Å². The first-order valence-electron chi connectivity index (χ1n) is 43.5. The van der Waals surface area contributed by atoms with Crippen LogP contribution in [0.25, 0.3) is 0 Å². The zero-order valence-corrected chi connectivity index (χ0v) is 72.4. The first kappa shape index (κ1) is 84.9. The van der Waals surface area contributed by atoms with Crippen LogP contribution in [0.3, 0.4) is 0 Å². The minimum absolute atomic E-state index is 0.0119. The fourth-order valence-electron chi connectivity index (χ4n) is 20.1. The molecule has 10 aliphatic heterocycles. The third-order valence-electron chi connectivity index (χ3n) is 26.3. The third-order valence-corrected chi connectivity index (χ3v) is 27.8. The third kappa shape index (κ3) is 18.1. The Hall–Kier alpha value is -8.65. The van der Waals surface area contributed by atoms with E-state index in [4.69, 9.17) is 23.7 Å². The molecule has 0 aliphatic carbocycles. The average molecular weight is 1660 g/mol. The number of fused-ring (bicyclic) bond motifs is 15. The Morgan fingerprint density at radius 2 is 0.608 bits per heavy atom. The van der Waals surface area contributed by atoms with Gasteiger partial charge in [0.15, 0.2) is 0 Å². The molecular formula is C103H116F5N5O5S2. The van der Waals surface area contributed by atoms with Gasteiger partial charge in [-0.1, -0.05) is 183 Å². The van der Waals surface area contributed by atoms with Gasteiger partial charge in [0.05, 0.1) is 60.7 Å². The number of ether oxygens (including phenoxy) is 5. The SMILES string of the molecule is CC(C)(C)c1ccc2c(c1)C1OCCCC1C(c1c(F)cccc1F)N2.CC(C)(C)c1ccc2c(c1)[C@@H]1OCCC[C@@H]1[C@@H](c1c(F)cccc1F)N2.CC(C)c1ccc2c(c1)[C@H]1OCCC[C@H]1[C@H](c1ccccc1F)N2.CSc1ccc2c(c1)C1OCCCC1C(c1ccccc1)N2.CSc1ccc2c(c1)[C@H]1OCCC[C@H]1[C@H](c1ccccc1)N2. The molecule has 10 nitrogen and oxygen atoms in total. The molecule has 6 unspecified atom stereocenters. The van der Waals surface area contributed by atoms with Crippen LogP contribution >= 0.6 is 23.5 Å². The normalized spacial score (nSPS) is 25.9. The van der Waals surface area contributed by atoms with Crippen LogP contribution < -0.4 is 26.6 Å². The van der Waals surface area contributed by atoms with Crippen molar-refractivity contribution < 1.29 is 45.6 Å². The number of nitrogens with one attached hydrogen (secondary N) is 5. The molecule has 0 spiro atoms. The van der Waals surface area contributed by atoms with Gasteiger partial charge >= 0.3 is 0 Å². The van der Waals surface area contributed by atoms with Crippen molar-refractivity contribution in [1.82, 2.24) is 0 Å². The summed E-state index contributed by atoms with van der Waals surface area (Å²) in [5.41, 5.74) is 19.1. The lowest BCUT2D eigenvalue weighted by atomic mass is 9.75. The van der Waals surface area contributed by atoms with Crippen LogP contribution in [0.2, 0.25) is 0 Å². The van der Waals surface area contributed by atoms with E-state index >= 15 is 0 Å². The Morgan fingerprint density at radius 1 is 0.308 bits per heavy atom. The fourth-order valence-corrected chi connectivity index (χ4v) is 21.0. The Bertz CT molecular complexity index is 4900. The predicted octanol–water partition coefficient (Wildman–Crippen LogP) is 27.5. The van der Waals surface area contributed by atoms with Gasteiger partial charge in [0.25, 0.3) is 0 Å². The molecule has 5 N–H and O–H groups in total. The summed E-state index contributed by atoms with van der Waals surface area (Å²) in [4.78, 5) is 2.62. The zero-order valence-electron chi connectivity index (χ0n) is 70.8. The highest BCUT2D eigenvalue weighted by Gasteiger charge is 2.47. The van der Waals surface area contributed by atoms with Gasteiger partial charge in [0, 0.05) is 145 Å². The quantitative estimate of drug-likeness (QED) is 0.0739. The van der Waals surface area contributed by atoms with E-state index < -0.39 is 35.4 Å². The summed E-state index contributed by atoms with van der Waals surface area (Å²) in [5.74, 6) is -0.322. The van der Waals surface area contributed by atoms with Gasteiger partial charge < -0.3 is 50.3 Å². The molecular weight excluding hydrogens is 1550 g/mol. The number of rotatable bonds is 8. The van der Waals surface area contributed by atoms with Crippen molar-refractivity contribution in [2.45, 2.75) is 207 Å². The van der Waals surface area contributed by atoms with Gasteiger partial charge in [-0.2, -0.15) is 0 Å². The van der Waals surface area contributed by atoms with Gasteiger partial charge in [-0.05, 0) is 206 Å². The largest absolute Gasteiger partial charge is 0.378 e. The number of hydrogen-bond acceptors (Lipinski definition) is 12. The molecule has 120 heavy (non-hydrogen) atoms. The molecule has 5 fully saturated rings. The van der Waals surface area contributed by atoms with E-state index in [-0.39, 0.29) is 82.1 Å². The highest BCUT2D eigenvalue weighted by Crippen LogP contribution is 2.57. The first-order chi connectivity index (χ1) is 58.1. The number of hydrogen-bond donors (Lipinski definition) is 5. The van der Waals surface area contributed by atoms with E-state index in [2.05, 4.69) is 234 Å².